The number of nitrogens with zero attached hydrogens (tertiary/aromatic N) is 2. The molecule has 1 aliphatic heterocycles. The molecule has 29 heavy (non-hydrogen) atoms. The number of aliphatic hydroxyl groups is 1. The molecule has 2 fully saturated rings. The summed E-state index contributed by atoms with van der Waals surface area (Å²) in [6.45, 7) is -0.163. The fourth-order valence-corrected chi connectivity index (χ4v) is 4.13. The third kappa shape index (κ3) is 3.84. The molecule has 152 valence electrons. The first kappa shape index (κ1) is 19.8. The van der Waals surface area contributed by atoms with Gasteiger partial charge in [0.05, 0.1) is 11.8 Å². The highest BCUT2D eigenvalue weighted by Crippen LogP contribution is 2.37. The maximum Gasteiger partial charge on any atom is 0.250 e. The molecule has 0 spiro atoms. The number of piperazine rings is 1. The van der Waals surface area contributed by atoms with Crippen LogP contribution in [0.4, 0.5) is 14.5 Å². The third-order valence-corrected chi connectivity index (χ3v) is 5.77. The van der Waals surface area contributed by atoms with E-state index in [4.69, 9.17) is 11.6 Å². The summed E-state index contributed by atoms with van der Waals surface area (Å²) in [6, 6.07) is 8.83. The summed E-state index contributed by atoms with van der Waals surface area (Å²) in [5, 5.41) is 9.91. The summed E-state index contributed by atoms with van der Waals surface area (Å²) in [4.78, 5) is 28.8. The van der Waals surface area contributed by atoms with Gasteiger partial charge in [-0.05, 0) is 54.7 Å². The van der Waals surface area contributed by atoms with Gasteiger partial charge in [0.2, 0.25) is 5.91 Å². The first-order valence-corrected chi connectivity index (χ1v) is 9.69. The number of hydrogen-bond acceptors (Lipinski definition) is 3. The first-order valence-electron chi connectivity index (χ1n) is 9.32. The molecule has 1 unspecified atom stereocenters. The molecule has 1 atom stereocenters. The largest absolute Gasteiger partial charge is 0.393 e. The van der Waals surface area contributed by atoms with Gasteiger partial charge in [0.25, 0.3) is 5.91 Å². The molecule has 2 aromatic carbocycles. The van der Waals surface area contributed by atoms with Crippen LogP contribution in [0, 0.1) is 17.6 Å². The Morgan fingerprint density at radius 2 is 1.76 bits per heavy atom. The fourth-order valence-electron chi connectivity index (χ4n) is 3.97. The Labute approximate surface area is 171 Å². The summed E-state index contributed by atoms with van der Waals surface area (Å²) < 4.78 is 27.6. The molecule has 1 saturated heterocycles. The highest BCUT2D eigenvalue weighted by Gasteiger charge is 2.48. The number of benzene rings is 2. The van der Waals surface area contributed by atoms with Crippen molar-refractivity contribution in [3.63, 3.8) is 0 Å². The van der Waals surface area contributed by atoms with E-state index in [1.54, 1.807) is 12.1 Å². The monoisotopic (exact) mass is 420 g/mol. The van der Waals surface area contributed by atoms with E-state index in [-0.39, 0.29) is 35.6 Å². The highest BCUT2D eigenvalue weighted by molar-refractivity contribution is 6.30. The quantitative estimate of drug-likeness (QED) is 0.826. The summed E-state index contributed by atoms with van der Waals surface area (Å²) >= 11 is 5.80. The lowest BCUT2D eigenvalue weighted by molar-refractivity contribution is -0.149. The predicted octanol–water partition coefficient (Wildman–Crippen LogP) is 3.13. The molecule has 5 nitrogen and oxygen atoms in total. The van der Waals surface area contributed by atoms with Crippen LogP contribution in [0.25, 0.3) is 0 Å². The van der Waals surface area contributed by atoms with E-state index < -0.39 is 29.7 Å². The molecular weight excluding hydrogens is 402 g/mol. The van der Waals surface area contributed by atoms with Crippen LogP contribution in [0.1, 0.15) is 18.4 Å². The van der Waals surface area contributed by atoms with Gasteiger partial charge in [0.1, 0.15) is 24.2 Å². The summed E-state index contributed by atoms with van der Waals surface area (Å²) in [7, 11) is 0. The molecule has 8 heteroatoms. The molecule has 2 aromatic rings. The Morgan fingerprint density at radius 1 is 1.07 bits per heavy atom. The number of hydrogen-bond donors (Lipinski definition) is 1. The van der Waals surface area contributed by atoms with Crippen molar-refractivity contribution in [2.45, 2.75) is 31.5 Å². The van der Waals surface area contributed by atoms with Gasteiger partial charge in [-0.1, -0.05) is 23.7 Å². The number of carbonyl (C=O) groups excluding carboxylic acids is 2. The minimum atomic E-state index is -0.820. The van der Waals surface area contributed by atoms with Gasteiger partial charge in [-0.15, -0.1) is 0 Å². The molecule has 0 aromatic heterocycles. The Bertz CT molecular complexity index is 947. The number of carbonyl (C=O) groups is 2. The van der Waals surface area contributed by atoms with Gasteiger partial charge in [0.15, 0.2) is 0 Å². The summed E-state index contributed by atoms with van der Waals surface area (Å²) in [5.74, 6) is -2.03. The van der Waals surface area contributed by atoms with Crippen molar-refractivity contribution in [2.75, 3.05) is 11.4 Å². The van der Waals surface area contributed by atoms with Gasteiger partial charge >= 0.3 is 0 Å². The molecule has 2 aliphatic rings. The lowest BCUT2D eigenvalue weighted by atomic mass is 9.75. The molecule has 4 rings (SSSR count). The van der Waals surface area contributed by atoms with Crippen LogP contribution in [-0.4, -0.2) is 40.5 Å². The van der Waals surface area contributed by atoms with Crippen molar-refractivity contribution in [1.82, 2.24) is 4.90 Å². The number of rotatable bonds is 4. The zero-order valence-corrected chi connectivity index (χ0v) is 16.1. The minimum Gasteiger partial charge on any atom is -0.393 e. The normalized spacial score (nSPS) is 24.6. The van der Waals surface area contributed by atoms with E-state index in [0.29, 0.717) is 18.4 Å². The molecule has 1 saturated carbocycles. The Kier molecular flexibility index (Phi) is 5.27. The standard InChI is InChI=1S/C21H19ClF2N2O3/c22-14-3-6-18(17(24)9-14)25-11-19(28)26(10-12-1-4-15(23)5-2-12)20(21(25)29)13-7-16(27)8-13/h1-6,9,13,16,20,27H,7-8,10-11H2/t13-,16-,20?. The van der Waals surface area contributed by atoms with Crippen LogP contribution >= 0.6 is 11.6 Å². The van der Waals surface area contributed by atoms with Crippen molar-refractivity contribution in [3.05, 3.63) is 64.7 Å². The maximum absolute atomic E-state index is 14.4. The zero-order chi connectivity index (χ0) is 20.7. The van der Waals surface area contributed by atoms with Gasteiger partial charge in [-0.25, -0.2) is 8.78 Å². The van der Waals surface area contributed by atoms with Crippen molar-refractivity contribution < 1.29 is 23.5 Å². The number of halogens is 3. The Morgan fingerprint density at radius 3 is 2.38 bits per heavy atom. The van der Waals surface area contributed by atoms with E-state index >= 15 is 0 Å². The average Bonchev–Trinajstić information content (AvgIpc) is 2.65. The van der Waals surface area contributed by atoms with Gasteiger partial charge < -0.3 is 10.0 Å². The maximum atomic E-state index is 14.4. The van der Waals surface area contributed by atoms with Crippen molar-refractivity contribution in [3.8, 4) is 0 Å². The lowest BCUT2D eigenvalue weighted by Gasteiger charge is -2.47. The molecule has 1 N–H and O–H groups in total. The Balaban J connectivity index is 1.65. The van der Waals surface area contributed by atoms with Crippen LogP contribution in [0.15, 0.2) is 42.5 Å². The van der Waals surface area contributed by atoms with Crippen molar-refractivity contribution in [2.24, 2.45) is 5.92 Å². The molecule has 1 heterocycles. The number of aliphatic hydroxyl groups excluding tert-OH is 1. The summed E-state index contributed by atoms with van der Waals surface area (Å²) in [5.41, 5.74) is 0.683. The van der Waals surface area contributed by atoms with Crippen LogP contribution in [0.5, 0.6) is 0 Å². The molecule has 1 aliphatic carbocycles. The van der Waals surface area contributed by atoms with E-state index in [1.165, 1.54) is 29.2 Å². The second-order valence-electron chi connectivity index (χ2n) is 7.50. The topological polar surface area (TPSA) is 60.9 Å². The lowest BCUT2D eigenvalue weighted by Crippen LogP contribution is -2.64. The molecular formula is C21H19ClF2N2O3. The van der Waals surface area contributed by atoms with E-state index in [0.717, 1.165) is 11.0 Å². The fraction of sp³-hybridized carbons (Fsp3) is 0.333. The minimum absolute atomic E-state index is 0.000876. The SMILES string of the molecule is O=C1C([C@H]2C[C@H](O)C2)N(Cc2ccc(F)cc2)C(=O)CN1c1ccc(Cl)cc1F. The third-order valence-electron chi connectivity index (χ3n) is 5.53. The second kappa shape index (κ2) is 7.72. The zero-order valence-electron chi connectivity index (χ0n) is 15.4. The first-order chi connectivity index (χ1) is 13.8. The smallest absolute Gasteiger partial charge is 0.250 e. The molecule has 2 amide bonds. The van der Waals surface area contributed by atoms with E-state index in [2.05, 4.69) is 0 Å². The van der Waals surface area contributed by atoms with Gasteiger partial charge in [-0.2, -0.15) is 0 Å². The number of amides is 2. The Hall–Kier alpha value is -2.51. The average molecular weight is 421 g/mol. The van der Waals surface area contributed by atoms with Crippen molar-refractivity contribution in [1.29, 1.82) is 0 Å². The molecule has 0 radical (unpaired) electrons. The van der Waals surface area contributed by atoms with E-state index in [9.17, 15) is 23.5 Å². The predicted molar refractivity (Wildman–Crippen MR) is 103 cm³/mol. The number of anilines is 1. The summed E-state index contributed by atoms with van der Waals surface area (Å²) in [6.07, 6.45) is 0.263. The van der Waals surface area contributed by atoms with Crippen LogP contribution < -0.4 is 4.90 Å². The van der Waals surface area contributed by atoms with Crippen LogP contribution in [0.3, 0.4) is 0 Å². The van der Waals surface area contributed by atoms with Gasteiger partial charge in [0, 0.05) is 11.6 Å². The van der Waals surface area contributed by atoms with Crippen molar-refractivity contribution >= 4 is 29.1 Å². The van der Waals surface area contributed by atoms with E-state index in [1.807, 2.05) is 0 Å². The van der Waals surface area contributed by atoms with Crippen LogP contribution in [-0.2, 0) is 16.1 Å². The van der Waals surface area contributed by atoms with Gasteiger partial charge in [-0.3, -0.25) is 14.5 Å². The van der Waals surface area contributed by atoms with Crippen LogP contribution in [0.2, 0.25) is 5.02 Å². The highest BCUT2D eigenvalue weighted by atomic mass is 35.5. The molecule has 0 bridgehead atoms. The second-order valence-corrected chi connectivity index (χ2v) is 7.93.